The molecule has 0 bridgehead atoms. The predicted molar refractivity (Wildman–Crippen MR) is 108 cm³/mol. The highest BCUT2D eigenvalue weighted by Gasteiger charge is 2.22. The van der Waals surface area contributed by atoms with E-state index in [0.29, 0.717) is 24.1 Å². The molecular formula is C19H28N5O2S+. The van der Waals surface area contributed by atoms with Crippen LogP contribution in [0, 0.1) is 0 Å². The SMILES string of the molecule is CC[N+](=CN(N)c1nc(-c2ccc(CNC(C)=O)o2)cs1)C1CCCCC1. The topological polar surface area (TPSA) is 87.4 Å². The summed E-state index contributed by atoms with van der Waals surface area (Å²) in [5.74, 6) is 7.54. The largest absolute Gasteiger partial charge is 0.458 e. The highest BCUT2D eigenvalue weighted by atomic mass is 32.1. The van der Waals surface area contributed by atoms with Crippen molar-refractivity contribution in [3.8, 4) is 11.5 Å². The van der Waals surface area contributed by atoms with Gasteiger partial charge in [-0.15, -0.1) is 5.01 Å². The van der Waals surface area contributed by atoms with Crippen LogP contribution in [0.3, 0.4) is 0 Å². The molecule has 3 N–H and O–H groups in total. The molecule has 1 amide bonds. The molecule has 1 aliphatic carbocycles. The van der Waals surface area contributed by atoms with E-state index in [-0.39, 0.29) is 5.91 Å². The molecule has 0 aromatic carbocycles. The van der Waals surface area contributed by atoms with Gasteiger partial charge in [-0.3, -0.25) is 9.37 Å². The molecule has 0 aliphatic heterocycles. The van der Waals surface area contributed by atoms with E-state index in [4.69, 9.17) is 10.3 Å². The number of amides is 1. The van der Waals surface area contributed by atoms with Crippen LogP contribution in [0.5, 0.6) is 0 Å². The molecule has 0 unspecified atom stereocenters. The first-order valence-electron chi connectivity index (χ1n) is 9.50. The van der Waals surface area contributed by atoms with Gasteiger partial charge in [-0.05, 0) is 44.7 Å². The minimum absolute atomic E-state index is 0.0864. The number of furan rings is 1. The van der Waals surface area contributed by atoms with Crippen molar-refractivity contribution in [1.82, 2.24) is 10.3 Å². The molecule has 27 heavy (non-hydrogen) atoms. The number of hydrazine groups is 1. The summed E-state index contributed by atoms with van der Waals surface area (Å²) in [7, 11) is 0. The molecule has 1 fully saturated rings. The van der Waals surface area contributed by atoms with Gasteiger partial charge in [0.15, 0.2) is 5.76 Å². The lowest BCUT2D eigenvalue weighted by molar-refractivity contribution is -0.563. The van der Waals surface area contributed by atoms with Gasteiger partial charge in [-0.25, -0.2) is 0 Å². The van der Waals surface area contributed by atoms with Crippen LogP contribution in [0.15, 0.2) is 21.9 Å². The summed E-state index contributed by atoms with van der Waals surface area (Å²) in [6, 6.07) is 4.27. The Bertz CT molecular complexity index is 792. The van der Waals surface area contributed by atoms with Crippen LogP contribution >= 0.6 is 11.3 Å². The second-order valence-corrected chi connectivity index (χ2v) is 7.67. The predicted octanol–water partition coefficient (Wildman–Crippen LogP) is 3.11. The van der Waals surface area contributed by atoms with Crippen LogP contribution in [0.4, 0.5) is 5.13 Å². The quantitative estimate of drug-likeness (QED) is 0.249. The van der Waals surface area contributed by atoms with E-state index in [0.717, 1.165) is 17.4 Å². The second-order valence-electron chi connectivity index (χ2n) is 6.84. The summed E-state index contributed by atoms with van der Waals surface area (Å²) < 4.78 is 8.08. The van der Waals surface area contributed by atoms with Crippen LogP contribution in [-0.2, 0) is 11.3 Å². The van der Waals surface area contributed by atoms with Crippen LogP contribution in [0.2, 0.25) is 0 Å². The molecule has 0 atom stereocenters. The number of carbonyl (C=O) groups is 1. The van der Waals surface area contributed by atoms with Crippen molar-refractivity contribution in [2.45, 2.75) is 58.5 Å². The van der Waals surface area contributed by atoms with Crippen molar-refractivity contribution >= 4 is 28.7 Å². The van der Waals surface area contributed by atoms with Gasteiger partial charge in [-0.2, -0.15) is 10.8 Å². The molecule has 8 heteroatoms. The van der Waals surface area contributed by atoms with E-state index in [2.05, 4.69) is 21.8 Å². The molecule has 1 aliphatic rings. The standard InChI is InChI=1S/C19H27N5O2S/c1-3-23(15-7-5-4-6-8-15)13-24(20)19-22-17(12-27-19)18-10-9-16(26-18)11-21-14(2)25/h9-10,12-13,15H,3-8,11,20H2,1-2H3/p+1. The van der Waals surface area contributed by atoms with Gasteiger partial charge in [0.2, 0.25) is 5.91 Å². The zero-order valence-corrected chi connectivity index (χ0v) is 16.8. The number of nitrogens with two attached hydrogens (primary N) is 1. The highest BCUT2D eigenvalue weighted by molar-refractivity contribution is 7.14. The van der Waals surface area contributed by atoms with Gasteiger partial charge >= 0.3 is 0 Å². The van der Waals surface area contributed by atoms with Crippen molar-refractivity contribution in [3.63, 3.8) is 0 Å². The number of aromatic nitrogens is 1. The van der Waals surface area contributed by atoms with Crippen molar-refractivity contribution in [3.05, 3.63) is 23.3 Å². The van der Waals surface area contributed by atoms with E-state index in [1.807, 2.05) is 23.9 Å². The minimum atomic E-state index is -0.0864. The monoisotopic (exact) mass is 390 g/mol. The maximum Gasteiger partial charge on any atom is 0.298 e. The Morgan fingerprint density at radius 2 is 2.22 bits per heavy atom. The third kappa shape index (κ3) is 5.17. The first-order valence-corrected chi connectivity index (χ1v) is 10.4. The third-order valence-electron chi connectivity index (χ3n) is 4.82. The lowest BCUT2D eigenvalue weighted by atomic mass is 9.95. The number of nitrogens with one attached hydrogen (secondary N) is 1. The number of anilines is 1. The van der Waals surface area contributed by atoms with Crippen LogP contribution in [-0.4, -0.2) is 34.4 Å². The molecule has 3 rings (SSSR count). The fourth-order valence-corrected chi connectivity index (χ4v) is 4.08. The zero-order chi connectivity index (χ0) is 19.2. The molecule has 2 heterocycles. The number of rotatable bonds is 7. The molecule has 0 spiro atoms. The molecule has 146 valence electrons. The summed E-state index contributed by atoms with van der Waals surface area (Å²) in [5.41, 5.74) is 0.744. The van der Waals surface area contributed by atoms with E-state index < -0.39 is 0 Å². The fourth-order valence-electron chi connectivity index (χ4n) is 3.37. The number of carbonyl (C=O) groups excluding carboxylic acids is 1. The van der Waals surface area contributed by atoms with Crippen LogP contribution in [0.25, 0.3) is 11.5 Å². The first kappa shape index (κ1) is 19.6. The molecule has 2 aromatic heterocycles. The van der Waals surface area contributed by atoms with Gasteiger partial charge in [0, 0.05) is 12.3 Å². The maximum atomic E-state index is 11.0. The Morgan fingerprint density at radius 3 is 2.93 bits per heavy atom. The number of hydrogen-bond donors (Lipinski definition) is 2. The first-order chi connectivity index (χ1) is 13.1. The number of thiazole rings is 1. The molecule has 0 radical (unpaired) electrons. The van der Waals surface area contributed by atoms with Gasteiger partial charge in [0.25, 0.3) is 11.5 Å². The average Bonchev–Trinajstić information content (AvgIpc) is 3.34. The van der Waals surface area contributed by atoms with Gasteiger partial charge in [0.05, 0.1) is 19.1 Å². The minimum Gasteiger partial charge on any atom is -0.458 e. The molecular weight excluding hydrogens is 362 g/mol. The Labute approximate surface area is 163 Å². The third-order valence-corrected chi connectivity index (χ3v) is 5.67. The smallest absolute Gasteiger partial charge is 0.298 e. The van der Waals surface area contributed by atoms with Gasteiger partial charge in [-0.1, -0.05) is 17.8 Å². The highest BCUT2D eigenvalue weighted by Crippen LogP contribution is 2.27. The molecule has 0 saturated heterocycles. The lowest BCUT2D eigenvalue weighted by Crippen LogP contribution is -2.39. The van der Waals surface area contributed by atoms with E-state index in [9.17, 15) is 4.79 Å². The van der Waals surface area contributed by atoms with Gasteiger partial charge in [0.1, 0.15) is 11.5 Å². The maximum absolute atomic E-state index is 11.0. The summed E-state index contributed by atoms with van der Waals surface area (Å²) >= 11 is 1.48. The normalized spacial score (nSPS) is 15.7. The number of hydrogen-bond acceptors (Lipinski definition) is 5. The lowest BCUT2D eigenvalue weighted by Gasteiger charge is -2.22. The van der Waals surface area contributed by atoms with Crippen molar-refractivity contribution in [1.29, 1.82) is 0 Å². The van der Waals surface area contributed by atoms with E-state index in [1.54, 1.807) is 5.01 Å². The van der Waals surface area contributed by atoms with Crippen molar-refractivity contribution in [2.24, 2.45) is 5.84 Å². The Morgan fingerprint density at radius 1 is 1.44 bits per heavy atom. The fraction of sp³-hybridized carbons (Fsp3) is 0.526. The van der Waals surface area contributed by atoms with Crippen molar-refractivity contribution in [2.75, 3.05) is 11.6 Å². The van der Waals surface area contributed by atoms with E-state index in [1.165, 1.54) is 50.4 Å². The Kier molecular flexibility index (Phi) is 6.63. The van der Waals surface area contributed by atoms with Crippen LogP contribution in [0.1, 0.15) is 51.7 Å². The molecule has 1 saturated carbocycles. The number of nitrogens with zero attached hydrogens (tertiary/aromatic N) is 3. The molecule has 2 aromatic rings. The zero-order valence-electron chi connectivity index (χ0n) is 16.0. The summed E-state index contributed by atoms with van der Waals surface area (Å²) in [5, 5.41) is 6.98. The van der Waals surface area contributed by atoms with Crippen LogP contribution < -0.4 is 16.2 Å². The summed E-state index contributed by atoms with van der Waals surface area (Å²) in [4.78, 5) is 15.6. The Hall–Kier alpha value is -2.19. The summed E-state index contributed by atoms with van der Waals surface area (Å²) in [6.07, 6.45) is 8.35. The van der Waals surface area contributed by atoms with E-state index >= 15 is 0 Å². The second kappa shape index (κ2) is 9.14. The Balaban J connectivity index is 1.69. The van der Waals surface area contributed by atoms with Gasteiger partial charge < -0.3 is 9.73 Å². The summed E-state index contributed by atoms with van der Waals surface area (Å²) in [6.45, 7) is 4.94. The van der Waals surface area contributed by atoms with Crippen molar-refractivity contribution < 1.29 is 13.8 Å². The molecule has 7 nitrogen and oxygen atoms in total. The average molecular weight is 391 g/mol.